The summed E-state index contributed by atoms with van der Waals surface area (Å²) < 4.78 is 0. The lowest BCUT2D eigenvalue weighted by Crippen LogP contribution is -2.40. The number of amides is 1. The molecule has 116 valence electrons. The van der Waals surface area contributed by atoms with Crippen molar-refractivity contribution in [2.24, 2.45) is 0 Å². The van der Waals surface area contributed by atoms with Crippen molar-refractivity contribution >= 4 is 5.91 Å². The summed E-state index contributed by atoms with van der Waals surface area (Å²) in [5.41, 5.74) is 0.206. The van der Waals surface area contributed by atoms with E-state index < -0.39 is 11.7 Å². The first kappa shape index (κ1) is 16.0. The van der Waals surface area contributed by atoms with Gasteiger partial charge in [-0.3, -0.25) is 4.79 Å². The Balaban J connectivity index is 1.71. The van der Waals surface area contributed by atoms with Crippen molar-refractivity contribution in [3.63, 3.8) is 0 Å². The summed E-state index contributed by atoms with van der Waals surface area (Å²) in [6, 6.07) is 9.70. The highest BCUT2D eigenvalue weighted by Crippen LogP contribution is 2.30. The minimum absolute atomic E-state index is 0.144. The highest BCUT2D eigenvalue weighted by molar-refractivity contribution is 5.77. The fraction of sp³-hybridized carbons (Fsp3) is 0.588. The van der Waals surface area contributed by atoms with Crippen molar-refractivity contribution in [3.8, 4) is 0 Å². The molecule has 2 rings (SSSR count). The Morgan fingerprint density at radius 2 is 1.86 bits per heavy atom. The van der Waals surface area contributed by atoms with Crippen LogP contribution in [0.1, 0.15) is 44.1 Å². The van der Waals surface area contributed by atoms with E-state index in [1.807, 2.05) is 30.3 Å². The normalized spacial score (nSPS) is 19.0. The first-order valence-electron chi connectivity index (χ1n) is 7.78. The molecule has 1 aromatic rings. The van der Waals surface area contributed by atoms with Gasteiger partial charge in [-0.25, -0.2) is 0 Å². The van der Waals surface area contributed by atoms with Gasteiger partial charge in [0.1, 0.15) is 0 Å². The molecule has 1 aliphatic rings. The Morgan fingerprint density at radius 1 is 1.19 bits per heavy atom. The predicted octanol–water partition coefficient (Wildman–Crippen LogP) is 1.79. The average Bonchev–Trinajstić information content (AvgIpc) is 2.46. The molecule has 1 aliphatic carbocycles. The molecular formula is C17H25NO3. The molecule has 0 heterocycles. The van der Waals surface area contributed by atoms with Gasteiger partial charge in [-0.2, -0.15) is 0 Å². The summed E-state index contributed by atoms with van der Waals surface area (Å²) in [6.45, 7) is 0.226. The number of hydrogen-bond acceptors (Lipinski definition) is 3. The first-order chi connectivity index (χ1) is 10.1. The summed E-state index contributed by atoms with van der Waals surface area (Å²) in [4.78, 5) is 11.9. The van der Waals surface area contributed by atoms with Crippen LogP contribution in [0.25, 0.3) is 0 Å². The zero-order valence-electron chi connectivity index (χ0n) is 12.4. The Bertz CT molecular complexity index is 441. The number of benzene rings is 1. The molecule has 0 radical (unpaired) electrons. The molecule has 1 unspecified atom stereocenters. The molecule has 4 nitrogen and oxygen atoms in total. The maximum atomic E-state index is 11.9. The van der Waals surface area contributed by atoms with E-state index in [-0.39, 0.29) is 18.9 Å². The van der Waals surface area contributed by atoms with Crippen molar-refractivity contribution in [2.45, 2.75) is 56.7 Å². The van der Waals surface area contributed by atoms with Crippen molar-refractivity contribution in [1.82, 2.24) is 5.32 Å². The second-order valence-electron chi connectivity index (χ2n) is 6.11. The fourth-order valence-corrected chi connectivity index (χ4v) is 2.94. The quantitative estimate of drug-likeness (QED) is 0.748. The van der Waals surface area contributed by atoms with Crippen LogP contribution in [0.2, 0.25) is 0 Å². The largest absolute Gasteiger partial charge is 0.391 e. The highest BCUT2D eigenvalue weighted by Gasteiger charge is 2.31. The van der Waals surface area contributed by atoms with Crippen LogP contribution >= 0.6 is 0 Å². The Kier molecular flexibility index (Phi) is 5.76. The number of aliphatic hydroxyl groups is 2. The molecule has 1 atom stereocenters. The molecule has 1 amide bonds. The standard InChI is InChI=1S/C17H25NO3/c19-15(11-14-7-3-1-4-8-14)13-18-16(20)12-17(21)9-5-2-6-10-17/h1,3-4,7-8,15,19,21H,2,5-6,9-13H2,(H,18,20). The Hall–Kier alpha value is -1.39. The topological polar surface area (TPSA) is 69.6 Å². The van der Waals surface area contributed by atoms with Gasteiger partial charge in [0.15, 0.2) is 0 Å². The van der Waals surface area contributed by atoms with Gasteiger partial charge in [0.2, 0.25) is 5.91 Å². The molecule has 1 saturated carbocycles. The zero-order chi connectivity index (χ0) is 15.1. The Labute approximate surface area is 126 Å². The number of nitrogens with one attached hydrogen (secondary N) is 1. The predicted molar refractivity (Wildman–Crippen MR) is 81.8 cm³/mol. The maximum Gasteiger partial charge on any atom is 0.222 e. The third-order valence-electron chi connectivity index (χ3n) is 4.12. The number of rotatable bonds is 6. The first-order valence-corrected chi connectivity index (χ1v) is 7.78. The van der Waals surface area contributed by atoms with E-state index in [9.17, 15) is 15.0 Å². The van der Waals surface area contributed by atoms with E-state index >= 15 is 0 Å². The summed E-state index contributed by atoms with van der Waals surface area (Å²) >= 11 is 0. The molecule has 0 saturated heterocycles. The second kappa shape index (κ2) is 7.57. The van der Waals surface area contributed by atoms with Crippen LogP contribution in [-0.2, 0) is 11.2 Å². The maximum absolute atomic E-state index is 11.9. The van der Waals surface area contributed by atoms with Crippen LogP contribution in [0.15, 0.2) is 30.3 Å². The molecule has 0 aromatic heterocycles. The molecule has 1 fully saturated rings. The smallest absolute Gasteiger partial charge is 0.222 e. The fourth-order valence-electron chi connectivity index (χ4n) is 2.94. The molecular weight excluding hydrogens is 266 g/mol. The van der Waals surface area contributed by atoms with Crippen LogP contribution in [0, 0.1) is 0 Å². The van der Waals surface area contributed by atoms with Crippen molar-refractivity contribution in [1.29, 1.82) is 0 Å². The van der Waals surface area contributed by atoms with Crippen molar-refractivity contribution < 1.29 is 15.0 Å². The summed E-state index contributed by atoms with van der Waals surface area (Å²) in [5.74, 6) is -0.175. The van der Waals surface area contributed by atoms with Crippen LogP contribution in [-0.4, -0.2) is 34.4 Å². The monoisotopic (exact) mass is 291 g/mol. The highest BCUT2D eigenvalue weighted by atomic mass is 16.3. The van der Waals surface area contributed by atoms with Gasteiger partial charge in [-0.05, 0) is 18.4 Å². The van der Waals surface area contributed by atoms with E-state index in [0.29, 0.717) is 19.3 Å². The molecule has 3 N–H and O–H groups in total. The van der Waals surface area contributed by atoms with Crippen LogP contribution in [0.3, 0.4) is 0 Å². The number of carbonyl (C=O) groups is 1. The number of aliphatic hydroxyl groups excluding tert-OH is 1. The van der Waals surface area contributed by atoms with Crippen molar-refractivity contribution in [3.05, 3.63) is 35.9 Å². The minimum atomic E-state index is -0.841. The van der Waals surface area contributed by atoms with Gasteiger partial charge in [-0.1, -0.05) is 49.6 Å². The second-order valence-corrected chi connectivity index (χ2v) is 6.11. The third-order valence-corrected chi connectivity index (χ3v) is 4.12. The van der Waals surface area contributed by atoms with Gasteiger partial charge >= 0.3 is 0 Å². The molecule has 21 heavy (non-hydrogen) atoms. The lowest BCUT2D eigenvalue weighted by Gasteiger charge is -2.31. The van der Waals surface area contributed by atoms with Gasteiger partial charge in [-0.15, -0.1) is 0 Å². The molecule has 0 spiro atoms. The number of carbonyl (C=O) groups excluding carboxylic acids is 1. The van der Waals surface area contributed by atoms with Gasteiger partial charge < -0.3 is 15.5 Å². The van der Waals surface area contributed by atoms with E-state index in [2.05, 4.69) is 5.32 Å². The summed E-state index contributed by atoms with van der Waals surface area (Å²) in [5, 5.41) is 23.0. The zero-order valence-corrected chi connectivity index (χ0v) is 12.4. The summed E-state index contributed by atoms with van der Waals surface area (Å²) in [6.07, 6.45) is 4.58. The van der Waals surface area contributed by atoms with Gasteiger partial charge in [0.25, 0.3) is 0 Å². The molecule has 4 heteroatoms. The minimum Gasteiger partial charge on any atom is -0.391 e. The van der Waals surface area contributed by atoms with Crippen LogP contribution < -0.4 is 5.32 Å². The average molecular weight is 291 g/mol. The van der Waals surface area contributed by atoms with Crippen LogP contribution in [0.4, 0.5) is 0 Å². The van der Waals surface area contributed by atoms with E-state index in [1.54, 1.807) is 0 Å². The van der Waals surface area contributed by atoms with Crippen molar-refractivity contribution in [2.75, 3.05) is 6.54 Å². The lowest BCUT2D eigenvalue weighted by atomic mass is 9.82. The summed E-state index contributed by atoms with van der Waals surface area (Å²) in [7, 11) is 0. The number of hydrogen-bond donors (Lipinski definition) is 3. The third kappa shape index (κ3) is 5.48. The molecule has 0 aliphatic heterocycles. The SMILES string of the molecule is O=C(CC1(O)CCCCC1)NCC(O)Cc1ccccc1. The van der Waals surface area contributed by atoms with Gasteiger partial charge in [0, 0.05) is 13.0 Å². The van der Waals surface area contributed by atoms with E-state index in [1.165, 1.54) is 0 Å². The van der Waals surface area contributed by atoms with Gasteiger partial charge in [0.05, 0.1) is 18.1 Å². The lowest BCUT2D eigenvalue weighted by molar-refractivity contribution is -0.127. The van der Waals surface area contributed by atoms with E-state index in [0.717, 1.165) is 24.8 Å². The van der Waals surface area contributed by atoms with Crippen LogP contribution in [0.5, 0.6) is 0 Å². The van der Waals surface area contributed by atoms with E-state index in [4.69, 9.17) is 0 Å². The molecule has 0 bridgehead atoms. The Morgan fingerprint density at radius 3 is 2.52 bits per heavy atom. The molecule has 1 aromatic carbocycles.